The van der Waals surface area contributed by atoms with Crippen LogP contribution in [0.3, 0.4) is 0 Å². The van der Waals surface area contributed by atoms with Crippen molar-refractivity contribution in [3.63, 3.8) is 0 Å². The van der Waals surface area contributed by atoms with Crippen molar-refractivity contribution in [1.82, 2.24) is 9.97 Å². The van der Waals surface area contributed by atoms with E-state index >= 15 is 0 Å². The molecule has 0 aliphatic rings. The minimum Gasteiger partial charge on any atom is -0.545 e. The summed E-state index contributed by atoms with van der Waals surface area (Å²) in [7, 11) is 0. The van der Waals surface area contributed by atoms with Crippen LogP contribution in [0.1, 0.15) is 10.4 Å². The molecule has 0 amide bonds. The van der Waals surface area contributed by atoms with Gasteiger partial charge in [-0.15, -0.1) is 0 Å². The lowest BCUT2D eigenvalue weighted by molar-refractivity contribution is -0.255. The van der Waals surface area contributed by atoms with Gasteiger partial charge in [-0.1, -0.05) is 66.7 Å². The Morgan fingerprint density at radius 1 is 0.640 bits per heavy atom. The molecule has 1 aromatic heterocycles. The molecule has 120 valence electrons. The van der Waals surface area contributed by atoms with Gasteiger partial charge in [0.25, 0.3) is 0 Å². The van der Waals surface area contributed by atoms with Crippen LogP contribution in [0.2, 0.25) is 0 Å². The summed E-state index contributed by atoms with van der Waals surface area (Å²) in [6.07, 6.45) is 0. The second-order valence-electron chi connectivity index (χ2n) is 5.64. The molecule has 4 rings (SSSR count). The summed E-state index contributed by atoms with van der Waals surface area (Å²) in [5, 5.41) is 11.0. The molecule has 0 bridgehead atoms. The van der Waals surface area contributed by atoms with Gasteiger partial charge in [0, 0.05) is 11.1 Å². The molecule has 4 aromatic rings. The molecule has 0 radical (unpaired) electrons. The molecule has 0 spiro atoms. The SMILES string of the molecule is O=C([O-])c1ccc(-c2nc3ccccc3nc2-c2ccccc2)cc1. The number of carboxylic acids is 1. The largest absolute Gasteiger partial charge is 0.545 e. The van der Waals surface area contributed by atoms with Crippen LogP contribution in [0.4, 0.5) is 0 Å². The van der Waals surface area contributed by atoms with E-state index in [0.717, 1.165) is 33.5 Å². The third kappa shape index (κ3) is 2.85. The molecule has 0 N–H and O–H groups in total. The number of hydrogen-bond acceptors (Lipinski definition) is 4. The fourth-order valence-electron chi connectivity index (χ4n) is 2.76. The highest BCUT2D eigenvalue weighted by Crippen LogP contribution is 2.30. The van der Waals surface area contributed by atoms with Crippen LogP contribution in [0.5, 0.6) is 0 Å². The average Bonchev–Trinajstić information content (AvgIpc) is 2.68. The van der Waals surface area contributed by atoms with Crippen molar-refractivity contribution in [2.75, 3.05) is 0 Å². The fraction of sp³-hybridized carbons (Fsp3) is 0. The molecule has 4 heteroatoms. The number of rotatable bonds is 3. The molecule has 0 aliphatic heterocycles. The molecule has 0 atom stereocenters. The molecule has 0 fully saturated rings. The van der Waals surface area contributed by atoms with Crippen LogP contribution in [-0.4, -0.2) is 15.9 Å². The van der Waals surface area contributed by atoms with Crippen LogP contribution in [0.25, 0.3) is 33.5 Å². The van der Waals surface area contributed by atoms with Gasteiger partial charge in [-0.2, -0.15) is 0 Å². The van der Waals surface area contributed by atoms with Gasteiger partial charge in [0.2, 0.25) is 0 Å². The highest BCUT2D eigenvalue weighted by molar-refractivity contribution is 5.89. The topological polar surface area (TPSA) is 65.9 Å². The van der Waals surface area contributed by atoms with Crippen molar-refractivity contribution >= 4 is 17.0 Å². The molecule has 4 nitrogen and oxygen atoms in total. The van der Waals surface area contributed by atoms with Gasteiger partial charge in [-0.3, -0.25) is 0 Å². The van der Waals surface area contributed by atoms with E-state index in [1.165, 1.54) is 12.1 Å². The number of aromatic nitrogens is 2. The Balaban J connectivity index is 1.96. The van der Waals surface area contributed by atoms with Gasteiger partial charge in [0.15, 0.2) is 0 Å². The lowest BCUT2D eigenvalue weighted by Gasteiger charge is -2.11. The summed E-state index contributed by atoms with van der Waals surface area (Å²) in [4.78, 5) is 20.5. The van der Waals surface area contributed by atoms with Gasteiger partial charge in [0.1, 0.15) is 0 Å². The Morgan fingerprint density at radius 2 is 1.12 bits per heavy atom. The number of carboxylic acid groups (broad SMARTS) is 1. The fourth-order valence-corrected chi connectivity index (χ4v) is 2.76. The number of benzene rings is 3. The van der Waals surface area contributed by atoms with Gasteiger partial charge >= 0.3 is 0 Å². The first-order valence-corrected chi connectivity index (χ1v) is 7.86. The third-order valence-corrected chi connectivity index (χ3v) is 4.01. The van der Waals surface area contributed by atoms with E-state index in [1.54, 1.807) is 12.1 Å². The maximum absolute atomic E-state index is 11.0. The first kappa shape index (κ1) is 15.0. The Morgan fingerprint density at radius 3 is 1.64 bits per heavy atom. The smallest absolute Gasteiger partial charge is 0.0973 e. The van der Waals surface area contributed by atoms with Crippen LogP contribution < -0.4 is 5.11 Å². The first-order valence-electron chi connectivity index (χ1n) is 7.86. The lowest BCUT2D eigenvalue weighted by atomic mass is 10.0. The number of carbonyl (C=O) groups excluding carboxylic acids is 1. The number of hydrogen-bond donors (Lipinski definition) is 0. The normalized spacial score (nSPS) is 10.7. The number of nitrogens with zero attached hydrogens (tertiary/aromatic N) is 2. The monoisotopic (exact) mass is 325 g/mol. The zero-order valence-electron chi connectivity index (χ0n) is 13.2. The van der Waals surface area contributed by atoms with Crippen LogP contribution in [0.15, 0.2) is 78.9 Å². The first-order chi connectivity index (χ1) is 12.2. The minimum absolute atomic E-state index is 0.138. The Kier molecular flexibility index (Phi) is 3.71. The molecule has 1 heterocycles. The molecular formula is C21H13N2O2-. The van der Waals surface area contributed by atoms with Crippen molar-refractivity contribution in [2.45, 2.75) is 0 Å². The number of fused-ring (bicyclic) bond motifs is 1. The van der Waals surface area contributed by atoms with Crippen LogP contribution in [-0.2, 0) is 0 Å². The van der Waals surface area contributed by atoms with Gasteiger partial charge < -0.3 is 9.90 Å². The Labute approximate surface area is 144 Å². The van der Waals surface area contributed by atoms with Crippen molar-refractivity contribution in [1.29, 1.82) is 0 Å². The molecule has 3 aromatic carbocycles. The van der Waals surface area contributed by atoms with Crippen molar-refractivity contribution < 1.29 is 9.90 Å². The zero-order valence-corrected chi connectivity index (χ0v) is 13.2. The highest BCUT2D eigenvalue weighted by Gasteiger charge is 2.13. The van der Waals surface area contributed by atoms with E-state index in [1.807, 2.05) is 54.6 Å². The zero-order chi connectivity index (χ0) is 17.2. The summed E-state index contributed by atoms with van der Waals surface area (Å²) in [6.45, 7) is 0. The van der Waals surface area contributed by atoms with E-state index in [2.05, 4.69) is 0 Å². The number of carbonyl (C=O) groups is 1. The summed E-state index contributed by atoms with van der Waals surface area (Å²) in [5.74, 6) is -1.19. The van der Waals surface area contributed by atoms with Crippen molar-refractivity contribution in [3.8, 4) is 22.5 Å². The van der Waals surface area contributed by atoms with Gasteiger partial charge in [-0.05, 0) is 17.7 Å². The summed E-state index contributed by atoms with van der Waals surface area (Å²) < 4.78 is 0. The molecule has 0 unspecified atom stereocenters. The maximum atomic E-state index is 11.0. The van der Waals surface area contributed by atoms with E-state index in [4.69, 9.17) is 9.97 Å². The second-order valence-corrected chi connectivity index (χ2v) is 5.64. The predicted octanol–water partition coefficient (Wildman–Crippen LogP) is 3.33. The third-order valence-electron chi connectivity index (χ3n) is 4.01. The molecule has 0 saturated carbocycles. The van der Waals surface area contributed by atoms with Crippen LogP contribution in [0, 0.1) is 0 Å². The van der Waals surface area contributed by atoms with Crippen molar-refractivity contribution in [3.05, 3.63) is 84.4 Å². The summed E-state index contributed by atoms with van der Waals surface area (Å²) in [6, 6.07) is 24.0. The van der Waals surface area contributed by atoms with Gasteiger partial charge in [0.05, 0.1) is 28.4 Å². The predicted molar refractivity (Wildman–Crippen MR) is 94.7 cm³/mol. The number of aromatic carboxylic acids is 1. The van der Waals surface area contributed by atoms with E-state index in [0.29, 0.717) is 0 Å². The Bertz CT molecular complexity index is 1060. The highest BCUT2D eigenvalue weighted by atomic mass is 16.4. The van der Waals surface area contributed by atoms with Gasteiger partial charge in [-0.25, -0.2) is 9.97 Å². The number of para-hydroxylation sites is 2. The van der Waals surface area contributed by atoms with Crippen molar-refractivity contribution in [2.24, 2.45) is 0 Å². The molecule has 0 aliphatic carbocycles. The quantitative estimate of drug-likeness (QED) is 0.579. The van der Waals surface area contributed by atoms with E-state index in [9.17, 15) is 9.90 Å². The average molecular weight is 325 g/mol. The lowest BCUT2D eigenvalue weighted by Crippen LogP contribution is -2.21. The standard InChI is InChI=1S/C21H14N2O2/c24-21(25)16-12-10-15(11-13-16)20-19(14-6-2-1-3-7-14)22-17-8-4-5-9-18(17)23-20/h1-13H,(H,24,25)/p-1. The molecular weight excluding hydrogens is 312 g/mol. The summed E-state index contributed by atoms with van der Waals surface area (Å²) in [5.41, 5.74) is 4.99. The maximum Gasteiger partial charge on any atom is 0.0973 e. The summed E-state index contributed by atoms with van der Waals surface area (Å²) >= 11 is 0. The van der Waals surface area contributed by atoms with E-state index in [-0.39, 0.29) is 5.56 Å². The Hall–Kier alpha value is -3.53. The van der Waals surface area contributed by atoms with E-state index < -0.39 is 5.97 Å². The second kappa shape index (κ2) is 6.17. The molecule has 0 saturated heterocycles. The van der Waals surface area contributed by atoms with Crippen LogP contribution >= 0.6 is 0 Å². The minimum atomic E-state index is -1.19. The molecule has 25 heavy (non-hydrogen) atoms.